The minimum atomic E-state index is -0.581. The van der Waals surface area contributed by atoms with Crippen molar-refractivity contribution in [2.24, 2.45) is 5.41 Å². The van der Waals surface area contributed by atoms with E-state index in [-0.39, 0.29) is 63.1 Å². The molecular formula is C36H36F3N7O2S. The Balaban J connectivity index is 1.17. The Bertz CT molecular complexity index is 2070. The number of benzene rings is 2. The summed E-state index contributed by atoms with van der Waals surface area (Å²) < 4.78 is 58.1. The molecule has 2 aromatic heterocycles. The maximum Gasteiger partial charge on any atom is 0.319 e. The van der Waals surface area contributed by atoms with Crippen molar-refractivity contribution in [1.29, 1.82) is 5.26 Å². The minimum absolute atomic E-state index is 0.0503. The molecule has 13 heteroatoms. The van der Waals surface area contributed by atoms with Gasteiger partial charge in [-0.05, 0) is 66.9 Å². The first kappa shape index (κ1) is 31.1. The molecule has 1 saturated carbocycles. The second kappa shape index (κ2) is 11.8. The van der Waals surface area contributed by atoms with E-state index in [1.165, 1.54) is 12.1 Å². The van der Waals surface area contributed by atoms with Crippen LogP contribution in [0.1, 0.15) is 55.2 Å². The Morgan fingerprint density at radius 2 is 1.86 bits per heavy atom. The lowest BCUT2D eigenvalue weighted by Gasteiger charge is -2.37. The van der Waals surface area contributed by atoms with Crippen molar-refractivity contribution in [3.63, 3.8) is 0 Å². The minimum Gasteiger partial charge on any atom is -0.463 e. The fraction of sp³-hybridized carbons (Fsp3) is 0.472. The van der Waals surface area contributed by atoms with Crippen LogP contribution in [0.3, 0.4) is 0 Å². The highest BCUT2D eigenvalue weighted by Gasteiger charge is 2.46. The van der Waals surface area contributed by atoms with Gasteiger partial charge in [0.15, 0.2) is 5.82 Å². The molecule has 2 unspecified atom stereocenters. The van der Waals surface area contributed by atoms with Crippen molar-refractivity contribution >= 4 is 43.1 Å². The third kappa shape index (κ3) is 5.06. The molecule has 4 aliphatic heterocycles. The van der Waals surface area contributed by atoms with Crippen LogP contribution >= 0.6 is 11.3 Å². The number of piperazine rings is 1. The van der Waals surface area contributed by atoms with Crippen molar-refractivity contribution in [3.05, 3.63) is 52.4 Å². The molecule has 254 valence electrons. The van der Waals surface area contributed by atoms with Crippen LogP contribution in [0.2, 0.25) is 0 Å². The van der Waals surface area contributed by atoms with Gasteiger partial charge in [0.2, 0.25) is 0 Å². The molecule has 0 radical (unpaired) electrons. The summed E-state index contributed by atoms with van der Waals surface area (Å²) in [6, 6.07) is 5.45. The number of hydrogen-bond donors (Lipinski definition) is 2. The molecule has 3 saturated heterocycles. The highest BCUT2D eigenvalue weighted by atomic mass is 32.1. The number of nitrogen functional groups attached to an aromatic ring is 1. The summed E-state index contributed by atoms with van der Waals surface area (Å²) in [5.74, 6) is -0.435. The Labute approximate surface area is 285 Å². The summed E-state index contributed by atoms with van der Waals surface area (Å²) >= 11 is 0.986. The van der Waals surface area contributed by atoms with Crippen molar-refractivity contribution in [2.75, 3.05) is 50.0 Å². The van der Waals surface area contributed by atoms with Crippen LogP contribution in [-0.2, 0) is 18.0 Å². The number of aromatic nitrogens is 2. The zero-order valence-corrected chi connectivity index (χ0v) is 27.8. The molecule has 2 bridgehead atoms. The number of thiophene rings is 1. The third-order valence-electron chi connectivity index (χ3n) is 11.3. The summed E-state index contributed by atoms with van der Waals surface area (Å²) in [6.45, 7) is 4.91. The second-order valence-electron chi connectivity index (χ2n) is 14.2. The van der Waals surface area contributed by atoms with Crippen LogP contribution in [0, 0.1) is 28.4 Å². The molecule has 1 aliphatic carbocycles. The Morgan fingerprint density at radius 1 is 1.10 bits per heavy atom. The predicted octanol–water partition coefficient (Wildman–Crippen LogP) is 6.32. The van der Waals surface area contributed by atoms with E-state index in [4.69, 9.17) is 25.2 Å². The predicted molar refractivity (Wildman–Crippen MR) is 182 cm³/mol. The normalized spacial score (nSPS) is 22.9. The highest BCUT2D eigenvalue weighted by molar-refractivity contribution is 7.23. The van der Waals surface area contributed by atoms with Crippen molar-refractivity contribution in [3.8, 4) is 23.2 Å². The SMILES string of the molecule is N#Cc1c(N)sc2c(F)ccc(-c3c4c(c5c(N6C7CCC6CNC7)nc(OCC6(CN7CCC(=CF)CC7)CC6)nc5c3F)COC4)c12. The monoisotopic (exact) mass is 687 g/mol. The standard InChI is InChI=1S/C36H36F3N7O2S/c37-11-19-5-9-45(10-6-19)17-36(7-8-36)18-48-35-43-31-29(34(44-35)46-20-1-2-21(46)14-42-13-20)25-16-47-15-24(25)27(30(31)39)22-3-4-26(38)32-28(22)23(12-40)33(41)49-32/h3-4,11,20-21,42H,1-2,5-10,13-18,41H2. The largest absolute Gasteiger partial charge is 0.463 e. The number of nitriles is 1. The molecule has 3 N–H and O–H groups in total. The molecule has 5 aliphatic rings. The average Bonchev–Trinajstić information content (AvgIpc) is 3.41. The number of nitrogens with two attached hydrogens (primary N) is 1. The second-order valence-corrected chi connectivity index (χ2v) is 15.3. The zero-order chi connectivity index (χ0) is 33.4. The van der Waals surface area contributed by atoms with Crippen LogP contribution < -0.4 is 20.7 Å². The molecule has 6 heterocycles. The van der Waals surface area contributed by atoms with Gasteiger partial charge >= 0.3 is 6.01 Å². The number of likely N-dealkylation sites (tertiary alicyclic amines) is 1. The van der Waals surface area contributed by atoms with Crippen LogP contribution in [0.5, 0.6) is 6.01 Å². The van der Waals surface area contributed by atoms with Crippen LogP contribution in [0.15, 0.2) is 24.0 Å². The summed E-state index contributed by atoms with van der Waals surface area (Å²) in [4.78, 5) is 14.5. The molecular weight excluding hydrogens is 652 g/mol. The number of nitrogens with one attached hydrogen (secondary N) is 1. The van der Waals surface area contributed by atoms with E-state index in [1.54, 1.807) is 0 Å². The number of hydrogen-bond acceptors (Lipinski definition) is 10. The van der Waals surface area contributed by atoms with Gasteiger partial charge < -0.3 is 30.3 Å². The average molecular weight is 688 g/mol. The van der Waals surface area contributed by atoms with E-state index >= 15 is 8.78 Å². The maximum atomic E-state index is 17.4. The number of ether oxygens (including phenoxy) is 2. The molecule has 4 aromatic rings. The molecule has 9 nitrogen and oxygen atoms in total. The van der Waals surface area contributed by atoms with Gasteiger partial charge in [0.25, 0.3) is 0 Å². The maximum absolute atomic E-state index is 17.4. The first-order valence-electron chi connectivity index (χ1n) is 17.0. The lowest BCUT2D eigenvalue weighted by atomic mass is 9.90. The van der Waals surface area contributed by atoms with Gasteiger partial charge in [-0.2, -0.15) is 15.2 Å². The number of piperidine rings is 1. The zero-order valence-electron chi connectivity index (χ0n) is 27.0. The van der Waals surface area contributed by atoms with Crippen LogP contribution in [-0.4, -0.2) is 66.3 Å². The van der Waals surface area contributed by atoms with E-state index in [1.807, 2.05) is 0 Å². The number of fused-ring (bicyclic) bond motifs is 6. The van der Waals surface area contributed by atoms with E-state index in [9.17, 15) is 9.65 Å². The van der Waals surface area contributed by atoms with Gasteiger partial charge in [-0.15, -0.1) is 11.3 Å². The first-order valence-corrected chi connectivity index (χ1v) is 17.9. The Kier molecular flexibility index (Phi) is 7.50. The molecule has 2 aromatic carbocycles. The number of halogens is 3. The molecule has 9 rings (SSSR count). The van der Waals surface area contributed by atoms with Crippen molar-refractivity contribution in [2.45, 2.75) is 63.8 Å². The highest BCUT2D eigenvalue weighted by Crippen LogP contribution is 2.50. The fourth-order valence-electron chi connectivity index (χ4n) is 8.48. The van der Waals surface area contributed by atoms with Gasteiger partial charge in [-0.25, -0.2) is 13.2 Å². The van der Waals surface area contributed by atoms with Gasteiger partial charge in [-0.3, -0.25) is 0 Å². The smallest absolute Gasteiger partial charge is 0.319 e. The Hall–Kier alpha value is -3.96. The summed E-state index contributed by atoms with van der Waals surface area (Å²) in [7, 11) is 0. The van der Waals surface area contributed by atoms with Crippen molar-refractivity contribution in [1.82, 2.24) is 20.2 Å². The van der Waals surface area contributed by atoms with Crippen LogP contribution in [0.25, 0.3) is 32.1 Å². The van der Waals surface area contributed by atoms with Gasteiger partial charge in [-0.1, -0.05) is 6.07 Å². The van der Waals surface area contributed by atoms with Crippen LogP contribution in [0.4, 0.5) is 24.0 Å². The molecule has 4 fully saturated rings. The fourth-order valence-corrected chi connectivity index (χ4v) is 9.43. The van der Waals surface area contributed by atoms with Gasteiger partial charge in [0, 0.05) is 61.2 Å². The molecule has 49 heavy (non-hydrogen) atoms. The van der Waals surface area contributed by atoms with E-state index in [0.29, 0.717) is 34.3 Å². The summed E-state index contributed by atoms with van der Waals surface area (Å²) in [5.41, 5.74) is 9.31. The molecule has 2 atom stereocenters. The topological polar surface area (TPSA) is 113 Å². The van der Waals surface area contributed by atoms with Crippen molar-refractivity contribution < 1.29 is 22.6 Å². The Morgan fingerprint density at radius 3 is 2.57 bits per heavy atom. The quantitative estimate of drug-likeness (QED) is 0.231. The molecule has 0 spiro atoms. The van der Waals surface area contributed by atoms with E-state index in [2.05, 4.69) is 21.2 Å². The van der Waals surface area contributed by atoms with Gasteiger partial charge in [0.1, 0.15) is 28.2 Å². The third-order valence-corrected chi connectivity index (χ3v) is 12.3. The number of rotatable bonds is 7. The summed E-state index contributed by atoms with van der Waals surface area (Å²) in [5, 5.41) is 14.6. The summed E-state index contributed by atoms with van der Waals surface area (Å²) in [6.07, 6.45) is 6.24. The first-order chi connectivity index (χ1) is 23.9. The molecule has 0 amide bonds. The lowest BCUT2D eigenvalue weighted by molar-refractivity contribution is 0.135. The number of anilines is 2. The number of nitrogens with zero attached hydrogens (tertiary/aromatic N) is 5. The van der Waals surface area contributed by atoms with Gasteiger partial charge in [0.05, 0.1) is 41.8 Å². The van der Waals surface area contributed by atoms with E-state index < -0.39 is 11.6 Å². The lowest BCUT2D eigenvalue weighted by Crippen LogP contribution is -2.52. The van der Waals surface area contributed by atoms with E-state index in [0.717, 1.165) is 100 Å².